The highest BCUT2D eigenvalue weighted by Gasteiger charge is 2.06. The van der Waals surface area contributed by atoms with Gasteiger partial charge in [0.2, 0.25) is 0 Å². The molecule has 0 saturated carbocycles. The molecule has 98 valence electrons. The van der Waals surface area contributed by atoms with Gasteiger partial charge in [-0.25, -0.2) is 0 Å². The number of thiophene rings is 1. The summed E-state index contributed by atoms with van der Waals surface area (Å²) in [5.41, 5.74) is 2.41. The first-order chi connectivity index (χ1) is 8.69. The second kappa shape index (κ2) is 6.50. The average molecular weight is 328 g/mol. The molecule has 0 fully saturated rings. The van der Waals surface area contributed by atoms with Crippen molar-refractivity contribution in [2.45, 2.75) is 33.4 Å². The van der Waals surface area contributed by atoms with Crippen molar-refractivity contribution in [2.24, 2.45) is 0 Å². The Balaban J connectivity index is 1.99. The highest BCUT2D eigenvalue weighted by atomic mass is 79.9. The number of nitrogens with one attached hydrogen (secondary N) is 1. The van der Waals surface area contributed by atoms with Crippen molar-refractivity contribution >= 4 is 27.3 Å². The van der Waals surface area contributed by atoms with Gasteiger partial charge in [-0.3, -0.25) is 4.68 Å². The molecule has 2 aromatic heterocycles. The third-order valence-electron chi connectivity index (χ3n) is 2.74. The first kappa shape index (κ1) is 13.8. The summed E-state index contributed by atoms with van der Waals surface area (Å²) in [6.07, 6.45) is 3.31. The average Bonchev–Trinajstić information content (AvgIpc) is 2.87. The van der Waals surface area contributed by atoms with E-state index < -0.39 is 0 Å². The topological polar surface area (TPSA) is 29.9 Å². The lowest BCUT2D eigenvalue weighted by molar-refractivity contribution is 0.670. The van der Waals surface area contributed by atoms with Crippen LogP contribution in [0.5, 0.6) is 0 Å². The molecule has 0 aliphatic rings. The van der Waals surface area contributed by atoms with E-state index >= 15 is 0 Å². The summed E-state index contributed by atoms with van der Waals surface area (Å²) >= 11 is 5.25. The molecule has 0 amide bonds. The van der Waals surface area contributed by atoms with Crippen LogP contribution in [-0.2, 0) is 13.1 Å². The van der Waals surface area contributed by atoms with Gasteiger partial charge < -0.3 is 5.32 Å². The smallest absolute Gasteiger partial charge is 0.0752 e. The zero-order valence-electron chi connectivity index (χ0n) is 10.7. The van der Waals surface area contributed by atoms with Crippen molar-refractivity contribution in [3.63, 3.8) is 0 Å². The molecule has 2 rings (SSSR count). The van der Waals surface area contributed by atoms with Crippen LogP contribution in [0.25, 0.3) is 0 Å². The van der Waals surface area contributed by atoms with E-state index in [0.29, 0.717) is 0 Å². The van der Waals surface area contributed by atoms with Gasteiger partial charge in [0.1, 0.15) is 0 Å². The minimum absolute atomic E-state index is 0.852. The number of rotatable bonds is 6. The van der Waals surface area contributed by atoms with Gasteiger partial charge in [-0.05, 0) is 48.0 Å². The van der Waals surface area contributed by atoms with E-state index in [-0.39, 0.29) is 0 Å². The minimum Gasteiger partial charge on any atom is -0.313 e. The second-order valence-electron chi connectivity index (χ2n) is 4.32. The van der Waals surface area contributed by atoms with E-state index in [2.05, 4.69) is 58.5 Å². The maximum atomic E-state index is 4.56. The van der Waals surface area contributed by atoms with Crippen LogP contribution in [0.1, 0.15) is 29.5 Å². The first-order valence-electron chi connectivity index (χ1n) is 6.17. The highest BCUT2D eigenvalue weighted by molar-refractivity contribution is 9.11. The number of nitrogens with zero attached hydrogens (tertiary/aromatic N) is 2. The Morgan fingerprint density at radius 2 is 2.28 bits per heavy atom. The summed E-state index contributed by atoms with van der Waals surface area (Å²) in [7, 11) is 0. The summed E-state index contributed by atoms with van der Waals surface area (Å²) < 4.78 is 3.20. The molecular formula is C13H18BrN3S. The molecule has 0 bridgehead atoms. The van der Waals surface area contributed by atoms with E-state index in [1.54, 1.807) is 11.3 Å². The van der Waals surface area contributed by atoms with Crippen LogP contribution in [0.2, 0.25) is 0 Å². The van der Waals surface area contributed by atoms with Gasteiger partial charge in [0, 0.05) is 23.2 Å². The Morgan fingerprint density at radius 3 is 2.94 bits per heavy atom. The molecule has 2 heterocycles. The van der Waals surface area contributed by atoms with E-state index in [1.807, 2.05) is 4.68 Å². The maximum absolute atomic E-state index is 4.56. The zero-order chi connectivity index (χ0) is 13.0. The summed E-state index contributed by atoms with van der Waals surface area (Å²) in [5, 5.41) is 7.98. The van der Waals surface area contributed by atoms with Gasteiger partial charge in [-0.2, -0.15) is 5.10 Å². The van der Waals surface area contributed by atoms with Crippen LogP contribution in [0.4, 0.5) is 0 Å². The molecule has 5 heteroatoms. The fourth-order valence-electron chi connectivity index (χ4n) is 1.81. The summed E-state index contributed by atoms with van der Waals surface area (Å²) in [6.45, 7) is 7.07. The first-order valence-corrected chi connectivity index (χ1v) is 7.78. The molecule has 0 atom stereocenters. The largest absolute Gasteiger partial charge is 0.313 e. The molecule has 3 nitrogen and oxygen atoms in total. The zero-order valence-corrected chi connectivity index (χ0v) is 13.1. The van der Waals surface area contributed by atoms with Gasteiger partial charge in [0.25, 0.3) is 0 Å². The second-order valence-corrected chi connectivity index (χ2v) is 6.87. The molecule has 2 aromatic rings. The summed E-state index contributed by atoms with van der Waals surface area (Å²) in [5.74, 6) is 0. The molecule has 0 aromatic carbocycles. The number of halogens is 1. The van der Waals surface area contributed by atoms with Gasteiger partial charge in [0.15, 0.2) is 0 Å². The molecule has 1 N–H and O–H groups in total. The Morgan fingerprint density at radius 1 is 1.44 bits per heavy atom. The SMILES string of the molecule is CCCNCc1cn(Cc2ccc(Br)s2)nc1C. The molecule has 18 heavy (non-hydrogen) atoms. The lowest BCUT2D eigenvalue weighted by Gasteiger charge is -2.00. The molecule has 0 aliphatic carbocycles. The van der Waals surface area contributed by atoms with E-state index in [0.717, 1.165) is 31.7 Å². The van der Waals surface area contributed by atoms with Crippen molar-refractivity contribution in [3.8, 4) is 0 Å². The number of aryl methyl sites for hydroxylation is 1. The summed E-state index contributed by atoms with van der Waals surface area (Å²) in [6, 6.07) is 4.22. The van der Waals surface area contributed by atoms with E-state index in [4.69, 9.17) is 0 Å². The van der Waals surface area contributed by atoms with Gasteiger partial charge in [-0.1, -0.05) is 6.92 Å². The third-order valence-corrected chi connectivity index (χ3v) is 4.35. The molecule has 0 saturated heterocycles. The fraction of sp³-hybridized carbons (Fsp3) is 0.462. The standard InChI is InChI=1S/C13H18BrN3S/c1-3-6-15-7-11-8-17(16-10(11)2)9-12-4-5-13(14)18-12/h4-5,8,15H,3,6-7,9H2,1-2H3. The van der Waals surface area contributed by atoms with Crippen LogP contribution >= 0.6 is 27.3 Å². The molecular weight excluding hydrogens is 310 g/mol. The van der Waals surface area contributed by atoms with Crippen LogP contribution in [-0.4, -0.2) is 16.3 Å². The molecule has 0 spiro atoms. The van der Waals surface area contributed by atoms with Crippen molar-refractivity contribution < 1.29 is 0 Å². The van der Waals surface area contributed by atoms with Crippen LogP contribution < -0.4 is 5.32 Å². The van der Waals surface area contributed by atoms with Crippen LogP contribution in [0.3, 0.4) is 0 Å². The number of aromatic nitrogens is 2. The molecule has 0 unspecified atom stereocenters. The fourth-order valence-corrected chi connectivity index (χ4v) is 3.29. The monoisotopic (exact) mass is 327 g/mol. The Bertz CT molecular complexity index is 504. The Kier molecular flexibility index (Phi) is 4.97. The van der Waals surface area contributed by atoms with Crippen LogP contribution in [0, 0.1) is 6.92 Å². The molecule has 0 aliphatic heterocycles. The third kappa shape index (κ3) is 3.67. The maximum Gasteiger partial charge on any atom is 0.0752 e. The van der Waals surface area contributed by atoms with Crippen molar-refractivity contribution in [1.29, 1.82) is 0 Å². The van der Waals surface area contributed by atoms with E-state index in [1.165, 1.54) is 14.2 Å². The van der Waals surface area contributed by atoms with Gasteiger partial charge >= 0.3 is 0 Å². The highest BCUT2D eigenvalue weighted by Crippen LogP contribution is 2.22. The van der Waals surface area contributed by atoms with Crippen molar-refractivity contribution in [2.75, 3.05) is 6.54 Å². The Labute approximate surface area is 120 Å². The van der Waals surface area contributed by atoms with Gasteiger partial charge in [0.05, 0.1) is 16.0 Å². The minimum atomic E-state index is 0.852. The van der Waals surface area contributed by atoms with E-state index in [9.17, 15) is 0 Å². The normalized spacial score (nSPS) is 11.1. The molecule has 0 radical (unpaired) electrons. The quantitative estimate of drug-likeness (QED) is 0.822. The number of hydrogen-bond donors (Lipinski definition) is 1. The number of hydrogen-bond acceptors (Lipinski definition) is 3. The predicted octanol–water partition coefficient (Wildman–Crippen LogP) is 3.56. The van der Waals surface area contributed by atoms with Crippen molar-refractivity contribution in [3.05, 3.63) is 38.3 Å². The summed E-state index contributed by atoms with van der Waals surface area (Å²) in [4.78, 5) is 1.32. The lowest BCUT2D eigenvalue weighted by atomic mass is 10.2. The Hall–Kier alpha value is -0.650. The predicted molar refractivity (Wildman–Crippen MR) is 80.1 cm³/mol. The lowest BCUT2D eigenvalue weighted by Crippen LogP contribution is -2.13. The van der Waals surface area contributed by atoms with Gasteiger partial charge in [-0.15, -0.1) is 11.3 Å². The van der Waals surface area contributed by atoms with Crippen molar-refractivity contribution in [1.82, 2.24) is 15.1 Å². The van der Waals surface area contributed by atoms with Crippen LogP contribution in [0.15, 0.2) is 22.1 Å².